The fourth-order valence-corrected chi connectivity index (χ4v) is 3.36. The minimum Gasteiger partial charge on any atom is -0.369 e. The van der Waals surface area contributed by atoms with E-state index >= 15 is 0 Å². The molecule has 1 saturated heterocycles. The van der Waals surface area contributed by atoms with Crippen LogP contribution in [-0.4, -0.2) is 34.6 Å². The Hall–Kier alpha value is -2.47. The Labute approximate surface area is 164 Å². The summed E-state index contributed by atoms with van der Waals surface area (Å²) in [5.74, 6) is 1.53. The molecule has 2 aromatic heterocycles. The second-order valence-corrected chi connectivity index (χ2v) is 6.88. The van der Waals surface area contributed by atoms with Crippen LogP contribution in [0.25, 0.3) is 0 Å². The van der Waals surface area contributed by atoms with Gasteiger partial charge >= 0.3 is 0 Å². The maximum absolute atomic E-state index is 6.31. The highest BCUT2D eigenvalue weighted by Crippen LogP contribution is 2.25. The number of anilines is 2. The second kappa shape index (κ2) is 8.48. The predicted octanol–water partition coefficient (Wildman–Crippen LogP) is 4.45. The summed E-state index contributed by atoms with van der Waals surface area (Å²) in [4.78, 5) is 11.4. The summed E-state index contributed by atoms with van der Waals surface area (Å²) in [6, 6.07) is 19.7. The first-order valence-corrected chi connectivity index (χ1v) is 9.38. The third-order valence-electron chi connectivity index (χ3n) is 4.52. The lowest BCUT2D eigenvalue weighted by Gasteiger charge is -2.33. The number of hydrogen-bond donors (Lipinski definition) is 1. The Morgan fingerprint density at radius 3 is 2.74 bits per heavy atom. The van der Waals surface area contributed by atoms with E-state index in [1.807, 2.05) is 54.6 Å². The molecule has 0 radical (unpaired) electrons. The van der Waals surface area contributed by atoms with Gasteiger partial charge in [0.15, 0.2) is 0 Å². The van der Waals surface area contributed by atoms with Crippen molar-refractivity contribution >= 4 is 23.2 Å². The molecule has 0 bridgehead atoms. The zero-order valence-corrected chi connectivity index (χ0v) is 15.6. The summed E-state index contributed by atoms with van der Waals surface area (Å²) in [7, 11) is 0. The molecule has 1 aliphatic heterocycles. The van der Waals surface area contributed by atoms with Gasteiger partial charge in [-0.15, -0.1) is 0 Å². The monoisotopic (exact) mass is 380 g/mol. The molecule has 3 heterocycles. The largest absolute Gasteiger partial charge is 0.369 e. The molecule has 1 fully saturated rings. The average molecular weight is 381 g/mol. The van der Waals surface area contributed by atoms with Crippen molar-refractivity contribution in [3.8, 4) is 0 Å². The highest BCUT2D eigenvalue weighted by Gasteiger charge is 2.23. The van der Waals surface area contributed by atoms with Crippen LogP contribution in [0.1, 0.15) is 17.4 Å². The molecule has 0 unspecified atom stereocenters. The second-order valence-electron chi connectivity index (χ2n) is 6.47. The first-order valence-electron chi connectivity index (χ1n) is 9.00. The van der Waals surface area contributed by atoms with Crippen LogP contribution in [0.3, 0.4) is 0 Å². The molecule has 0 amide bonds. The Morgan fingerprint density at radius 1 is 1.04 bits per heavy atom. The summed E-state index contributed by atoms with van der Waals surface area (Å²) >= 11 is 6.31. The van der Waals surface area contributed by atoms with Crippen LogP contribution in [0.15, 0.2) is 66.9 Å². The summed E-state index contributed by atoms with van der Waals surface area (Å²) in [5.41, 5.74) is 2.05. The van der Waals surface area contributed by atoms with Gasteiger partial charge in [0.1, 0.15) is 17.7 Å². The van der Waals surface area contributed by atoms with Gasteiger partial charge in [-0.3, -0.25) is 4.90 Å². The number of nitrogens with one attached hydrogen (secondary N) is 1. The smallest absolute Gasteiger partial charge is 0.131 e. The lowest BCUT2D eigenvalue weighted by Crippen LogP contribution is -2.38. The van der Waals surface area contributed by atoms with Crippen LogP contribution < -0.4 is 5.32 Å². The molecule has 1 aromatic carbocycles. The molecule has 27 heavy (non-hydrogen) atoms. The molecule has 0 spiro atoms. The highest BCUT2D eigenvalue weighted by atomic mass is 35.5. The van der Waals surface area contributed by atoms with Crippen LogP contribution in [0.4, 0.5) is 11.6 Å². The van der Waals surface area contributed by atoms with Crippen LogP contribution in [0.2, 0.25) is 5.02 Å². The number of morpholine rings is 1. The van der Waals surface area contributed by atoms with E-state index in [-0.39, 0.29) is 6.10 Å². The van der Waals surface area contributed by atoms with Gasteiger partial charge in [0.05, 0.1) is 12.3 Å². The molecule has 6 heteroatoms. The van der Waals surface area contributed by atoms with Gasteiger partial charge in [-0.25, -0.2) is 9.97 Å². The van der Waals surface area contributed by atoms with Crippen LogP contribution >= 0.6 is 11.6 Å². The lowest BCUT2D eigenvalue weighted by molar-refractivity contribution is -0.0349. The van der Waals surface area contributed by atoms with Gasteiger partial charge in [0.2, 0.25) is 0 Å². The number of nitrogens with zero attached hydrogens (tertiary/aromatic N) is 3. The van der Waals surface area contributed by atoms with Crippen molar-refractivity contribution in [1.29, 1.82) is 0 Å². The summed E-state index contributed by atoms with van der Waals surface area (Å²) < 4.78 is 5.99. The molecule has 4 rings (SSSR count). The number of hydrogen-bond acceptors (Lipinski definition) is 5. The van der Waals surface area contributed by atoms with Crippen LogP contribution in [-0.2, 0) is 11.3 Å². The van der Waals surface area contributed by atoms with Crippen LogP contribution in [0, 0.1) is 0 Å². The summed E-state index contributed by atoms with van der Waals surface area (Å²) in [6.07, 6.45) is 1.69. The normalized spacial score (nSPS) is 17.6. The Balaban J connectivity index is 1.45. The van der Waals surface area contributed by atoms with E-state index in [0.717, 1.165) is 47.6 Å². The van der Waals surface area contributed by atoms with E-state index in [4.69, 9.17) is 21.3 Å². The van der Waals surface area contributed by atoms with Crippen molar-refractivity contribution in [1.82, 2.24) is 14.9 Å². The SMILES string of the molecule is Clc1ccccc1CN1CCO[C@@H](c2cccc(Nc3ccccn3)n2)C1. The fourth-order valence-electron chi connectivity index (χ4n) is 3.16. The van der Waals surface area contributed by atoms with Crippen molar-refractivity contribution in [2.45, 2.75) is 12.6 Å². The van der Waals surface area contributed by atoms with Crippen molar-refractivity contribution in [3.05, 3.63) is 83.1 Å². The number of rotatable bonds is 5. The van der Waals surface area contributed by atoms with Crippen molar-refractivity contribution < 1.29 is 4.74 Å². The van der Waals surface area contributed by atoms with E-state index < -0.39 is 0 Å². The average Bonchev–Trinajstić information content (AvgIpc) is 2.71. The molecule has 1 atom stereocenters. The predicted molar refractivity (Wildman–Crippen MR) is 107 cm³/mol. The lowest BCUT2D eigenvalue weighted by atomic mass is 10.1. The summed E-state index contributed by atoms with van der Waals surface area (Å²) in [6.45, 7) is 3.15. The Morgan fingerprint density at radius 2 is 1.89 bits per heavy atom. The zero-order valence-electron chi connectivity index (χ0n) is 14.9. The topological polar surface area (TPSA) is 50.3 Å². The molecule has 138 valence electrons. The number of pyridine rings is 2. The van der Waals surface area contributed by atoms with Gasteiger partial charge in [0.25, 0.3) is 0 Å². The molecule has 5 nitrogen and oxygen atoms in total. The van der Waals surface area contributed by atoms with Gasteiger partial charge in [-0.05, 0) is 35.9 Å². The van der Waals surface area contributed by atoms with E-state index in [1.54, 1.807) is 6.20 Å². The number of benzene rings is 1. The van der Waals surface area contributed by atoms with Gasteiger partial charge in [-0.1, -0.05) is 41.9 Å². The Bertz CT molecular complexity index is 890. The third-order valence-corrected chi connectivity index (χ3v) is 4.89. The van der Waals surface area contributed by atoms with E-state index in [2.05, 4.69) is 21.3 Å². The molecular weight excluding hydrogens is 360 g/mol. The zero-order chi connectivity index (χ0) is 18.5. The van der Waals surface area contributed by atoms with E-state index in [1.165, 1.54) is 0 Å². The van der Waals surface area contributed by atoms with Crippen molar-refractivity contribution in [2.75, 3.05) is 25.0 Å². The van der Waals surface area contributed by atoms with Crippen LogP contribution in [0.5, 0.6) is 0 Å². The molecule has 1 aliphatic rings. The first kappa shape index (κ1) is 17.9. The van der Waals surface area contributed by atoms with Gasteiger partial charge in [-0.2, -0.15) is 0 Å². The molecule has 3 aromatic rings. The van der Waals surface area contributed by atoms with E-state index in [9.17, 15) is 0 Å². The minimum absolute atomic E-state index is 0.0632. The number of ether oxygens (including phenoxy) is 1. The number of aromatic nitrogens is 2. The maximum Gasteiger partial charge on any atom is 0.131 e. The van der Waals surface area contributed by atoms with Crippen molar-refractivity contribution in [3.63, 3.8) is 0 Å². The molecule has 1 N–H and O–H groups in total. The fraction of sp³-hybridized carbons (Fsp3) is 0.238. The molecule has 0 saturated carbocycles. The van der Waals surface area contributed by atoms with Crippen molar-refractivity contribution in [2.24, 2.45) is 0 Å². The maximum atomic E-state index is 6.31. The van der Waals surface area contributed by atoms with Gasteiger partial charge < -0.3 is 10.1 Å². The minimum atomic E-state index is -0.0632. The Kier molecular flexibility index (Phi) is 5.63. The first-order chi connectivity index (χ1) is 13.3. The van der Waals surface area contributed by atoms with E-state index in [0.29, 0.717) is 6.61 Å². The quantitative estimate of drug-likeness (QED) is 0.708. The molecule has 0 aliphatic carbocycles. The number of halogens is 1. The standard InChI is InChI=1S/C21H21ClN4O/c22-17-7-2-1-6-16(17)14-26-12-13-27-19(15-26)18-8-5-10-21(24-18)25-20-9-3-4-11-23-20/h1-11,19H,12-15H2,(H,23,24,25)/t19-/m1/s1. The third kappa shape index (κ3) is 4.63. The summed E-state index contributed by atoms with van der Waals surface area (Å²) in [5, 5.41) is 4.04. The highest BCUT2D eigenvalue weighted by molar-refractivity contribution is 6.31. The van der Waals surface area contributed by atoms with Gasteiger partial charge in [0, 0.05) is 30.9 Å². The molecular formula is C21H21ClN4O.